The van der Waals surface area contributed by atoms with E-state index in [0.29, 0.717) is 24.5 Å². The summed E-state index contributed by atoms with van der Waals surface area (Å²) < 4.78 is 10.6. The number of ether oxygens (including phenoxy) is 2. The van der Waals surface area contributed by atoms with Gasteiger partial charge in [0.05, 0.1) is 6.61 Å². The van der Waals surface area contributed by atoms with Crippen molar-refractivity contribution in [2.45, 2.75) is 13.5 Å². The summed E-state index contributed by atoms with van der Waals surface area (Å²) in [6.45, 7) is 2.71. The Morgan fingerprint density at radius 1 is 1.22 bits per heavy atom. The van der Waals surface area contributed by atoms with Gasteiger partial charge in [0, 0.05) is 4.88 Å². The third kappa shape index (κ3) is 3.11. The molecule has 0 radical (unpaired) electrons. The fourth-order valence-electron chi connectivity index (χ4n) is 1.53. The molecule has 2 rings (SSSR count). The smallest absolute Gasteiger partial charge is 0.342 e. The van der Waals surface area contributed by atoms with Gasteiger partial charge >= 0.3 is 5.97 Å². The summed E-state index contributed by atoms with van der Waals surface area (Å²) >= 11 is 1.57. The van der Waals surface area contributed by atoms with E-state index < -0.39 is 0 Å². The molecule has 1 heterocycles. The van der Waals surface area contributed by atoms with Crippen molar-refractivity contribution in [2.24, 2.45) is 0 Å². The molecule has 0 aliphatic rings. The number of rotatable bonds is 5. The van der Waals surface area contributed by atoms with Crippen molar-refractivity contribution in [3.05, 3.63) is 52.2 Å². The third-order valence-electron chi connectivity index (χ3n) is 2.33. The second kappa shape index (κ2) is 6.21. The maximum atomic E-state index is 11.9. The summed E-state index contributed by atoms with van der Waals surface area (Å²) in [4.78, 5) is 13.0. The number of hydrogen-bond donors (Lipinski definition) is 0. The molecule has 1 aromatic carbocycles. The SMILES string of the molecule is CCOc1ccccc1C(=O)OCc1cccs1. The molecule has 0 saturated carbocycles. The average Bonchev–Trinajstić information content (AvgIpc) is 2.90. The maximum absolute atomic E-state index is 11.9. The second-order valence-electron chi connectivity index (χ2n) is 3.58. The zero-order chi connectivity index (χ0) is 12.8. The molecule has 0 atom stereocenters. The zero-order valence-electron chi connectivity index (χ0n) is 10.1. The molecule has 2 aromatic rings. The Bertz CT molecular complexity index is 506. The largest absolute Gasteiger partial charge is 0.493 e. The number of thiophene rings is 1. The van der Waals surface area contributed by atoms with E-state index in [0.717, 1.165) is 4.88 Å². The van der Waals surface area contributed by atoms with Crippen LogP contribution in [0.2, 0.25) is 0 Å². The van der Waals surface area contributed by atoms with Gasteiger partial charge in [-0.15, -0.1) is 11.3 Å². The van der Waals surface area contributed by atoms with Crippen LogP contribution in [-0.2, 0) is 11.3 Å². The minimum Gasteiger partial charge on any atom is -0.493 e. The molecule has 0 fully saturated rings. The van der Waals surface area contributed by atoms with E-state index in [9.17, 15) is 4.79 Å². The van der Waals surface area contributed by atoms with E-state index in [2.05, 4.69) is 0 Å². The minimum absolute atomic E-state index is 0.303. The molecule has 0 amide bonds. The number of para-hydroxylation sites is 1. The molecule has 0 aliphatic carbocycles. The summed E-state index contributed by atoms with van der Waals surface area (Å²) in [6, 6.07) is 11.0. The number of benzene rings is 1. The highest BCUT2D eigenvalue weighted by atomic mass is 32.1. The van der Waals surface area contributed by atoms with E-state index in [-0.39, 0.29) is 5.97 Å². The molecule has 18 heavy (non-hydrogen) atoms. The Labute approximate surface area is 110 Å². The topological polar surface area (TPSA) is 35.5 Å². The lowest BCUT2D eigenvalue weighted by atomic mass is 10.2. The molecular formula is C14H14O3S. The van der Waals surface area contributed by atoms with Gasteiger partial charge in [-0.05, 0) is 30.5 Å². The van der Waals surface area contributed by atoms with Crippen molar-refractivity contribution in [3.63, 3.8) is 0 Å². The lowest BCUT2D eigenvalue weighted by Gasteiger charge is -2.09. The van der Waals surface area contributed by atoms with Crippen molar-refractivity contribution in [3.8, 4) is 5.75 Å². The summed E-state index contributed by atoms with van der Waals surface area (Å²) in [6.07, 6.45) is 0. The Morgan fingerprint density at radius 3 is 2.78 bits per heavy atom. The molecule has 0 aliphatic heterocycles. The van der Waals surface area contributed by atoms with Crippen molar-refractivity contribution < 1.29 is 14.3 Å². The first-order valence-corrected chi connectivity index (χ1v) is 6.60. The number of hydrogen-bond acceptors (Lipinski definition) is 4. The van der Waals surface area contributed by atoms with Crippen LogP contribution in [0.1, 0.15) is 22.2 Å². The molecule has 0 bridgehead atoms. The highest BCUT2D eigenvalue weighted by Gasteiger charge is 2.13. The Morgan fingerprint density at radius 2 is 2.06 bits per heavy atom. The molecule has 0 unspecified atom stereocenters. The van der Waals surface area contributed by atoms with Gasteiger partial charge in [0.25, 0.3) is 0 Å². The monoisotopic (exact) mass is 262 g/mol. The van der Waals surface area contributed by atoms with E-state index in [1.165, 1.54) is 0 Å². The van der Waals surface area contributed by atoms with Gasteiger partial charge < -0.3 is 9.47 Å². The molecule has 0 N–H and O–H groups in total. The Balaban J connectivity index is 2.04. The van der Waals surface area contributed by atoms with Crippen molar-refractivity contribution in [1.82, 2.24) is 0 Å². The number of esters is 1. The van der Waals surface area contributed by atoms with Gasteiger partial charge in [-0.2, -0.15) is 0 Å². The van der Waals surface area contributed by atoms with Gasteiger partial charge in [-0.3, -0.25) is 0 Å². The maximum Gasteiger partial charge on any atom is 0.342 e. The van der Waals surface area contributed by atoms with E-state index >= 15 is 0 Å². The van der Waals surface area contributed by atoms with Gasteiger partial charge in [0.1, 0.15) is 17.9 Å². The molecule has 94 valence electrons. The molecule has 1 aromatic heterocycles. The lowest BCUT2D eigenvalue weighted by molar-refractivity contribution is 0.0472. The fraction of sp³-hybridized carbons (Fsp3) is 0.214. The average molecular weight is 262 g/mol. The summed E-state index contributed by atoms with van der Waals surface area (Å²) in [5, 5.41) is 1.96. The first-order chi connectivity index (χ1) is 8.81. The van der Waals surface area contributed by atoms with Crippen molar-refractivity contribution in [1.29, 1.82) is 0 Å². The van der Waals surface area contributed by atoms with Crippen LogP contribution in [0.3, 0.4) is 0 Å². The van der Waals surface area contributed by atoms with Crippen molar-refractivity contribution in [2.75, 3.05) is 6.61 Å². The van der Waals surface area contributed by atoms with E-state index in [1.807, 2.05) is 30.5 Å². The first-order valence-electron chi connectivity index (χ1n) is 5.72. The van der Waals surface area contributed by atoms with Crippen LogP contribution >= 0.6 is 11.3 Å². The molecule has 0 spiro atoms. The fourth-order valence-corrected chi connectivity index (χ4v) is 2.14. The second-order valence-corrected chi connectivity index (χ2v) is 4.62. The van der Waals surface area contributed by atoms with Crippen LogP contribution in [0.25, 0.3) is 0 Å². The predicted molar refractivity (Wildman–Crippen MR) is 71.0 cm³/mol. The quantitative estimate of drug-likeness (QED) is 0.774. The highest BCUT2D eigenvalue weighted by Crippen LogP contribution is 2.20. The Hall–Kier alpha value is -1.81. The normalized spacial score (nSPS) is 10.1. The van der Waals surface area contributed by atoms with Crippen LogP contribution in [-0.4, -0.2) is 12.6 Å². The highest BCUT2D eigenvalue weighted by molar-refractivity contribution is 7.09. The van der Waals surface area contributed by atoms with Gasteiger partial charge in [0.15, 0.2) is 0 Å². The lowest BCUT2D eigenvalue weighted by Crippen LogP contribution is -2.07. The summed E-state index contributed by atoms with van der Waals surface area (Å²) in [5.41, 5.74) is 0.468. The van der Waals surface area contributed by atoms with E-state index in [1.54, 1.807) is 29.5 Å². The summed E-state index contributed by atoms with van der Waals surface area (Å²) in [7, 11) is 0. The van der Waals surface area contributed by atoms with E-state index in [4.69, 9.17) is 9.47 Å². The van der Waals surface area contributed by atoms with Crippen LogP contribution in [0.15, 0.2) is 41.8 Å². The number of carbonyl (C=O) groups excluding carboxylic acids is 1. The first kappa shape index (κ1) is 12.6. The summed E-state index contributed by atoms with van der Waals surface area (Å²) in [5.74, 6) is 0.212. The van der Waals surface area contributed by atoms with Crippen LogP contribution in [0, 0.1) is 0 Å². The minimum atomic E-state index is -0.354. The van der Waals surface area contributed by atoms with Crippen LogP contribution in [0.5, 0.6) is 5.75 Å². The van der Waals surface area contributed by atoms with Crippen molar-refractivity contribution >= 4 is 17.3 Å². The van der Waals surface area contributed by atoms with Gasteiger partial charge in [-0.1, -0.05) is 18.2 Å². The van der Waals surface area contributed by atoms with Gasteiger partial charge in [-0.25, -0.2) is 4.79 Å². The third-order valence-corrected chi connectivity index (χ3v) is 3.18. The number of carbonyl (C=O) groups is 1. The molecule has 4 heteroatoms. The zero-order valence-corrected chi connectivity index (χ0v) is 10.9. The molecule has 3 nitrogen and oxygen atoms in total. The Kier molecular flexibility index (Phi) is 4.36. The van der Waals surface area contributed by atoms with Gasteiger partial charge in [0.2, 0.25) is 0 Å². The molecule has 0 saturated heterocycles. The molecular weight excluding hydrogens is 248 g/mol. The standard InChI is InChI=1S/C14H14O3S/c1-2-16-13-8-4-3-7-12(13)14(15)17-10-11-6-5-9-18-11/h3-9H,2,10H2,1H3. The van der Waals surface area contributed by atoms with Crippen LogP contribution < -0.4 is 4.74 Å². The predicted octanol–water partition coefficient (Wildman–Crippen LogP) is 3.50. The van der Waals surface area contributed by atoms with Crippen LogP contribution in [0.4, 0.5) is 0 Å².